The number of methoxy groups -OCH3 is 2. The van der Waals surface area contributed by atoms with E-state index in [1.807, 2.05) is 0 Å². The molecule has 0 fully saturated rings. The summed E-state index contributed by atoms with van der Waals surface area (Å²) in [6.45, 7) is 1.40. The van der Waals surface area contributed by atoms with E-state index in [0.29, 0.717) is 22.3 Å². The smallest absolute Gasteiger partial charge is 0.338 e. The minimum Gasteiger partial charge on any atom is -0.497 e. The zero-order valence-electron chi connectivity index (χ0n) is 10.3. The van der Waals surface area contributed by atoms with Crippen LogP contribution in [-0.4, -0.2) is 26.0 Å². The number of carbonyl (C=O) groups excluding carboxylic acids is 2. The Morgan fingerprint density at radius 2 is 1.89 bits per heavy atom. The fourth-order valence-corrected chi connectivity index (χ4v) is 1.68. The normalized spacial score (nSPS) is 10.4. The van der Waals surface area contributed by atoms with Gasteiger partial charge in [-0.05, 0) is 12.1 Å². The first-order valence-electron chi connectivity index (χ1n) is 5.27. The van der Waals surface area contributed by atoms with Crippen LogP contribution in [0.2, 0.25) is 0 Å². The minimum atomic E-state index is -0.505. The Balaban J connectivity index is 2.73. The molecule has 0 saturated heterocycles. The highest BCUT2D eigenvalue weighted by Crippen LogP contribution is 2.29. The number of esters is 1. The highest BCUT2D eigenvalue weighted by atomic mass is 16.5. The zero-order chi connectivity index (χ0) is 13.3. The van der Waals surface area contributed by atoms with Crippen LogP contribution in [0.4, 0.5) is 0 Å². The first-order valence-corrected chi connectivity index (χ1v) is 5.27. The lowest BCUT2D eigenvalue weighted by Gasteiger charge is -2.04. The molecular formula is C13H12O5. The summed E-state index contributed by atoms with van der Waals surface area (Å²) in [5, 5.41) is 0.535. The Morgan fingerprint density at radius 3 is 2.44 bits per heavy atom. The summed E-state index contributed by atoms with van der Waals surface area (Å²) in [5.74, 6) is -0.0495. The summed E-state index contributed by atoms with van der Waals surface area (Å²) in [6.07, 6.45) is 0. The van der Waals surface area contributed by atoms with Crippen LogP contribution >= 0.6 is 0 Å². The van der Waals surface area contributed by atoms with E-state index in [1.54, 1.807) is 12.1 Å². The molecule has 1 aromatic carbocycles. The number of Topliss-reactive ketones (excluding diaryl/α,β-unsaturated/α-hetero) is 1. The molecule has 94 valence electrons. The molecule has 1 aromatic heterocycles. The summed E-state index contributed by atoms with van der Waals surface area (Å²) in [7, 11) is 2.77. The van der Waals surface area contributed by atoms with E-state index in [1.165, 1.54) is 27.2 Å². The van der Waals surface area contributed by atoms with Crippen molar-refractivity contribution in [2.24, 2.45) is 0 Å². The molecule has 18 heavy (non-hydrogen) atoms. The van der Waals surface area contributed by atoms with Crippen LogP contribution in [0.1, 0.15) is 27.8 Å². The number of rotatable bonds is 3. The molecule has 0 spiro atoms. The third kappa shape index (κ3) is 1.95. The number of benzene rings is 1. The third-order valence-electron chi connectivity index (χ3n) is 2.60. The Morgan fingerprint density at radius 1 is 1.17 bits per heavy atom. The molecule has 1 heterocycles. The van der Waals surface area contributed by atoms with Crippen molar-refractivity contribution in [2.45, 2.75) is 6.92 Å². The Hall–Kier alpha value is -2.30. The lowest BCUT2D eigenvalue weighted by Crippen LogP contribution is -2.02. The first-order chi connectivity index (χ1) is 8.56. The average Bonchev–Trinajstić information content (AvgIpc) is 2.80. The lowest BCUT2D eigenvalue weighted by atomic mass is 10.1. The fourth-order valence-electron chi connectivity index (χ4n) is 1.68. The van der Waals surface area contributed by atoms with E-state index in [4.69, 9.17) is 13.9 Å². The second-order valence-electron chi connectivity index (χ2n) is 3.75. The molecule has 0 unspecified atom stereocenters. The summed E-state index contributed by atoms with van der Waals surface area (Å²) in [6, 6.07) is 4.70. The van der Waals surface area contributed by atoms with Gasteiger partial charge in [0.2, 0.25) is 0 Å². The third-order valence-corrected chi connectivity index (χ3v) is 2.60. The summed E-state index contributed by atoms with van der Waals surface area (Å²) >= 11 is 0. The van der Waals surface area contributed by atoms with Crippen molar-refractivity contribution in [3.8, 4) is 5.75 Å². The number of ketones is 1. The van der Waals surface area contributed by atoms with E-state index in [-0.39, 0.29) is 11.5 Å². The predicted molar refractivity (Wildman–Crippen MR) is 64.1 cm³/mol. The van der Waals surface area contributed by atoms with Gasteiger partial charge in [0.05, 0.1) is 19.8 Å². The van der Waals surface area contributed by atoms with Crippen LogP contribution in [0.15, 0.2) is 22.6 Å². The van der Waals surface area contributed by atoms with Crippen LogP contribution < -0.4 is 4.74 Å². The maximum Gasteiger partial charge on any atom is 0.338 e. The van der Waals surface area contributed by atoms with Gasteiger partial charge in [-0.25, -0.2) is 4.79 Å². The van der Waals surface area contributed by atoms with Crippen LogP contribution in [0.3, 0.4) is 0 Å². The highest BCUT2D eigenvalue weighted by molar-refractivity contribution is 6.06. The van der Waals surface area contributed by atoms with Crippen LogP contribution in [0.25, 0.3) is 11.0 Å². The highest BCUT2D eigenvalue weighted by Gasteiger charge is 2.17. The van der Waals surface area contributed by atoms with Gasteiger partial charge in [-0.2, -0.15) is 0 Å². The molecule has 0 amide bonds. The van der Waals surface area contributed by atoms with Gasteiger partial charge in [0.15, 0.2) is 11.5 Å². The summed E-state index contributed by atoms with van der Waals surface area (Å²) in [5.41, 5.74) is 0.725. The van der Waals surface area contributed by atoms with Gasteiger partial charge >= 0.3 is 5.97 Å². The lowest BCUT2D eigenvalue weighted by molar-refractivity contribution is 0.0602. The number of fused-ring (bicyclic) bond motifs is 1. The van der Waals surface area contributed by atoms with Crippen molar-refractivity contribution in [3.05, 3.63) is 29.5 Å². The molecule has 0 aliphatic carbocycles. The van der Waals surface area contributed by atoms with Gasteiger partial charge < -0.3 is 13.9 Å². The molecule has 5 heteroatoms. The molecule has 0 bridgehead atoms. The topological polar surface area (TPSA) is 65.7 Å². The van der Waals surface area contributed by atoms with Crippen LogP contribution in [0, 0.1) is 0 Å². The Labute approximate surface area is 103 Å². The standard InChI is InChI=1S/C13H12O5/c1-7(14)11-6-9-10(13(15)17-3)4-8(16-2)5-12(9)18-11/h4-6H,1-3H3. The predicted octanol–water partition coefficient (Wildman–Crippen LogP) is 2.43. The van der Waals surface area contributed by atoms with E-state index < -0.39 is 5.97 Å². The molecule has 0 saturated carbocycles. The van der Waals surface area contributed by atoms with E-state index in [2.05, 4.69) is 0 Å². The number of hydrogen-bond donors (Lipinski definition) is 0. The van der Waals surface area contributed by atoms with Gasteiger partial charge in [-0.3, -0.25) is 4.79 Å². The number of ether oxygens (including phenoxy) is 2. The summed E-state index contributed by atoms with van der Waals surface area (Å²) in [4.78, 5) is 22.9. The quantitative estimate of drug-likeness (QED) is 0.616. The van der Waals surface area contributed by atoms with Crippen molar-refractivity contribution in [1.29, 1.82) is 0 Å². The van der Waals surface area contributed by atoms with Crippen LogP contribution in [0.5, 0.6) is 5.75 Å². The van der Waals surface area contributed by atoms with E-state index >= 15 is 0 Å². The van der Waals surface area contributed by atoms with E-state index in [0.717, 1.165) is 0 Å². The Kier molecular flexibility index (Phi) is 3.06. The molecule has 2 aromatic rings. The fraction of sp³-hybridized carbons (Fsp3) is 0.231. The summed E-state index contributed by atoms with van der Waals surface area (Å²) < 4.78 is 15.1. The van der Waals surface area contributed by atoms with Gasteiger partial charge in [0.1, 0.15) is 11.3 Å². The molecule has 2 rings (SSSR count). The molecule has 0 radical (unpaired) electrons. The van der Waals surface area contributed by atoms with Gasteiger partial charge in [-0.15, -0.1) is 0 Å². The van der Waals surface area contributed by atoms with E-state index in [9.17, 15) is 9.59 Å². The number of furan rings is 1. The number of hydrogen-bond acceptors (Lipinski definition) is 5. The maximum atomic E-state index is 11.7. The second-order valence-corrected chi connectivity index (χ2v) is 3.75. The SMILES string of the molecule is COC(=O)c1cc(OC)cc2oc(C(C)=O)cc12. The minimum absolute atomic E-state index is 0.198. The van der Waals surface area contributed by atoms with Gasteiger partial charge in [0.25, 0.3) is 0 Å². The average molecular weight is 248 g/mol. The molecule has 0 N–H and O–H groups in total. The Bertz CT molecular complexity index is 624. The molecule has 0 atom stereocenters. The molecular weight excluding hydrogens is 236 g/mol. The van der Waals surface area contributed by atoms with Crippen molar-refractivity contribution < 1.29 is 23.5 Å². The van der Waals surface area contributed by atoms with Crippen molar-refractivity contribution in [2.75, 3.05) is 14.2 Å². The first kappa shape index (κ1) is 12.2. The van der Waals surface area contributed by atoms with Gasteiger partial charge in [-0.1, -0.05) is 0 Å². The van der Waals surface area contributed by atoms with Crippen molar-refractivity contribution >= 4 is 22.7 Å². The molecule has 5 nitrogen and oxygen atoms in total. The van der Waals surface area contributed by atoms with Gasteiger partial charge in [0, 0.05) is 18.4 Å². The monoisotopic (exact) mass is 248 g/mol. The molecule has 0 aliphatic heterocycles. The second kappa shape index (κ2) is 4.52. The van der Waals surface area contributed by atoms with Crippen LogP contribution in [-0.2, 0) is 4.74 Å². The van der Waals surface area contributed by atoms with Crippen molar-refractivity contribution in [3.63, 3.8) is 0 Å². The van der Waals surface area contributed by atoms with Crippen molar-refractivity contribution in [1.82, 2.24) is 0 Å². The maximum absolute atomic E-state index is 11.7. The molecule has 0 aliphatic rings. The number of carbonyl (C=O) groups is 2. The zero-order valence-corrected chi connectivity index (χ0v) is 10.3. The largest absolute Gasteiger partial charge is 0.497 e.